The highest BCUT2D eigenvalue weighted by molar-refractivity contribution is 6.33. The molecule has 0 spiro atoms. The number of para-hydroxylation sites is 1. The molecule has 2 heterocycles. The van der Waals surface area contributed by atoms with Gasteiger partial charge in [-0.05, 0) is 52.7 Å². The van der Waals surface area contributed by atoms with E-state index in [9.17, 15) is 9.59 Å². The predicted octanol–water partition coefficient (Wildman–Crippen LogP) is 3.12. The molecule has 2 aliphatic rings. The molecular weight excluding hydrogens is 350 g/mol. The predicted molar refractivity (Wildman–Crippen MR) is 104 cm³/mol. The highest BCUT2D eigenvalue weighted by Crippen LogP contribution is 2.32. The molecule has 1 aromatic rings. The van der Waals surface area contributed by atoms with Gasteiger partial charge < -0.3 is 15.5 Å². The summed E-state index contributed by atoms with van der Waals surface area (Å²) >= 11 is 6.21. The maximum atomic E-state index is 12.8. The van der Waals surface area contributed by atoms with Crippen LogP contribution in [0.4, 0.5) is 5.69 Å². The van der Waals surface area contributed by atoms with Crippen molar-refractivity contribution < 1.29 is 9.59 Å². The molecule has 1 atom stereocenters. The molecule has 0 radical (unpaired) electrons. The number of amides is 2. The van der Waals surface area contributed by atoms with Crippen LogP contribution in [0.1, 0.15) is 47.0 Å². The molecule has 2 N–H and O–H groups in total. The first-order valence-electron chi connectivity index (χ1n) is 9.21. The summed E-state index contributed by atoms with van der Waals surface area (Å²) in [4.78, 5) is 26.8. The molecule has 1 aromatic carbocycles. The zero-order valence-corrected chi connectivity index (χ0v) is 16.7. The third-order valence-corrected chi connectivity index (χ3v) is 5.50. The van der Waals surface area contributed by atoms with Gasteiger partial charge in [0.1, 0.15) is 0 Å². The van der Waals surface area contributed by atoms with E-state index in [1.165, 1.54) is 0 Å². The molecule has 6 heteroatoms. The molecule has 0 bridgehead atoms. The molecule has 26 heavy (non-hydrogen) atoms. The Morgan fingerprint density at radius 1 is 1.19 bits per heavy atom. The van der Waals surface area contributed by atoms with Gasteiger partial charge in [0.2, 0.25) is 11.8 Å². The van der Waals surface area contributed by atoms with E-state index in [0.29, 0.717) is 17.3 Å². The maximum absolute atomic E-state index is 12.8. The summed E-state index contributed by atoms with van der Waals surface area (Å²) in [6, 6.07) is 7.37. The van der Waals surface area contributed by atoms with Gasteiger partial charge in [-0.15, -0.1) is 0 Å². The minimum atomic E-state index is -0.333. The number of nitrogens with one attached hydrogen (secondary N) is 2. The molecular formula is C20H28ClN3O2. The third-order valence-electron chi connectivity index (χ3n) is 5.18. The number of rotatable bonds is 3. The van der Waals surface area contributed by atoms with Crippen LogP contribution in [-0.2, 0) is 9.59 Å². The molecule has 0 aromatic heterocycles. The second kappa shape index (κ2) is 6.86. The van der Waals surface area contributed by atoms with Crippen LogP contribution < -0.4 is 15.5 Å². The van der Waals surface area contributed by atoms with E-state index in [1.807, 2.05) is 18.2 Å². The Balaban J connectivity index is 1.66. The van der Waals surface area contributed by atoms with Gasteiger partial charge in [0.05, 0.1) is 16.6 Å². The fourth-order valence-corrected chi connectivity index (χ4v) is 4.77. The number of halogens is 1. The van der Waals surface area contributed by atoms with E-state index in [0.717, 1.165) is 12.8 Å². The van der Waals surface area contributed by atoms with Crippen molar-refractivity contribution in [3.05, 3.63) is 29.3 Å². The minimum absolute atomic E-state index is 0.0329. The van der Waals surface area contributed by atoms with Gasteiger partial charge in [-0.3, -0.25) is 9.59 Å². The van der Waals surface area contributed by atoms with Crippen molar-refractivity contribution in [1.29, 1.82) is 0 Å². The standard InChI is InChI=1S/C20H28ClN3O2/c1-19(2)10-14(11-20(3,4)23-19)22-18(26)13-9-17(25)24(12-13)16-8-6-5-7-15(16)21/h5-8,13-14,23H,9-12H2,1-4H3,(H,22,26). The Morgan fingerprint density at radius 2 is 1.81 bits per heavy atom. The largest absolute Gasteiger partial charge is 0.353 e. The fourth-order valence-electron chi connectivity index (χ4n) is 4.53. The highest BCUT2D eigenvalue weighted by atomic mass is 35.5. The molecule has 2 amide bonds. The van der Waals surface area contributed by atoms with Crippen molar-refractivity contribution in [3.8, 4) is 0 Å². The van der Waals surface area contributed by atoms with Crippen molar-refractivity contribution in [2.24, 2.45) is 5.92 Å². The molecule has 0 aliphatic carbocycles. The zero-order valence-electron chi connectivity index (χ0n) is 15.9. The van der Waals surface area contributed by atoms with Gasteiger partial charge in [0.15, 0.2) is 0 Å². The first-order valence-corrected chi connectivity index (χ1v) is 9.59. The topological polar surface area (TPSA) is 61.4 Å². The summed E-state index contributed by atoms with van der Waals surface area (Å²) in [6.07, 6.45) is 1.98. The second-order valence-electron chi connectivity index (χ2n) is 8.86. The van der Waals surface area contributed by atoms with Crippen LogP contribution >= 0.6 is 11.6 Å². The Hall–Kier alpha value is -1.59. The number of hydrogen-bond acceptors (Lipinski definition) is 3. The van der Waals surface area contributed by atoms with E-state index in [4.69, 9.17) is 11.6 Å². The number of benzene rings is 1. The Labute approximate surface area is 160 Å². The van der Waals surface area contributed by atoms with E-state index >= 15 is 0 Å². The summed E-state index contributed by atoms with van der Waals surface area (Å²) in [5, 5.41) is 7.34. The maximum Gasteiger partial charge on any atom is 0.227 e. The number of piperidine rings is 1. The molecule has 2 saturated heterocycles. The Morgan fingerprint density at radius 3 is 2.42 bits per heavy atom. The summed E-state index contributed by atoms with van der Waals surface area (Å²) in [5.41, 5.74) is 0.613. The van der Waals surface area contributed by atoms with E-state index in [2.05, 4.69) is 38.3 Å². The zero-order chi connectivity index (χ0) is 19.1. The van der Waals surface area contributed by atoms with Crippen molar-refractivity contribution in [2.45, 2.75) is 64.1 Å². The summed E-state index contributed by atoms with van der Waals surface area (Å²) in [6.45, 7) is 9.01. The van der Waals surface area contributed by atoms with Gasteiger partial charge in [-0.25, -0.2) is 0 Å². The van der Waals surface area contributed by atoms with E-state index < -0.39 is 0 Å². The molecule has 1 unspecified atom stereocenters. The van der Waals surface area contributed by atoms with Crippen molar-refractivity contribution >= 4 is 29.1 Å². The molecule has 0 saturated carbocycles. The van der Waals surface area contributed by atoms with E-state index in [1.54, 1.807) is 11.0 Å². The van der Waals surface area contributed by atoms with Crippen LogP contribution in [0.2, 0.25) is 5.02 Å². The molecule has 2 fully saturated rings. The van der Waals surface area contributed by atoms with Gasteiger partial charge >= 0.3 is 0 Å². The number of anilines is 1. The lowest BCUT2D eigenvalue weighted by Gasteiger charge is -2.46. The molecule has 142 valence electrons. The molecule has 2 aliphatic heterocycles. The first-order chi connectivity index (χ1) is 12.1. The smallest absolute Gasteiger partial charge is 0.227 e. The lowest BCUT2D eigenvalue weighted by atomic mass is 9.79. The summed E-state index contributed by atoms with van der Waals surface area (Å²) in [5.74, 6) is -0.421. The molecule has 5 nitrogen and oxygen atoms in total. The number of hydrogen-bond donors (Lipinski definition) is 2. The molecule has 3 rings (SSSR count). The van der Waals surface area contributed by atoms with Gasteiger partial charge in [0, 0.05) is 30.1 Å². The first kappa shape index (κ1) is 19.2. The normalized spacial score (nSPS) is 25.3. The highest BCUT2D eigenvalue weighted by Gasteiger charge is 2.41. The van der Waals surface area contributed by atoms with Gasteiger partial charge in [-0.1, -0.05) is 23.7 Å². The van der Waals surface area contributed by atoms with Crippen LogP contribution in [0.25, 0.3) is 0 Å². The van der Waals surface area contributed by atoms with Gasteiger partial charge in [-0.2, -0.15) is 0 Å². The lowest BCUT2D eigenvalue weighted by Crippen LogP contribution is -2.62. The van der Waals surface area contributed by atoms with E-state index in [-0.39, 0.29) is 41.3 Å². The number of carbonyl (C=O) groups excluding carboxylic acids is 2. The summed E-state index contributed by atoms with van der Waals surface area (Å²) in [7, 11) is 0. The van der Waals surface area contributed by atoms with Crippen LogP contribution in [0.15, 0.2) is 24.3 Å². The SMILES string of the molecule is CC1(C)CC(NC(=O)C2CC(=O)N(c3ccccc3Cl)C2)CC(C)(C)N1. The average Bonchev–Trinajstić information content (AvgIpc) is 2.86. The third kappa shape index (κ3) is 4.21. The lowest BCUT2D eigenvalue weighted by molar-refractivity contribution is -0.127. The fraction of sp³-hybridized carbons (Fsp3) is 0.600. The van der Waals surface area contributed by atoms with Crippen molar-refractivity contribution in [2.75, 3.05) is 11.4 Å². The quantitative estimate of drug-likeness (QED) is 0.850. The monoisotopic (exact) mass is 377 g/mol. The van der Waals surface area contributed by atoms with Crippen LogP contribution in [0, 0.1) is 5.92 Å². The van der Waals surface area contributed by atoms with Crippen molar-refractivity contribution in [1.82, 2.24) is 10.6 Å². The van der Waals surface area contributed by atoms with Crippen LogP contribution in [-0.4, -0.2) is 35.5 Å². The number of nitrogens with zero attached hydrogens (tertiary/aromatic N) is 1. The average molecular weight is 378 g/mol. The minimum Gasteiger partial charge on any atom is -0.353 e. The second-order valence-corrected chi connectivity index (χ2v) is 9.27. The number of carbonyl (C=O) groups is 2. The Bertz CT molecular complexity index is 701. The summed E-state index contributed by atoms with van der Waals surface area (Å²) < 4.78 is 0. The van der Waals surface area contributed by atoms with Crippen molar-refractivity contribution in [3.63, 3.8) is 0 Å². The van der Waals surface area contributed by atoms with Crippen LogP contribution in [0.5, 0.6) is 0 Å². The van der Waals surface area contributed by atoms with Gasteiger partial charge in [0.25, 0.3) is 0 Å². The Kier molecular flexibility index (Phi) is 5.06. The van der Waals surface area contributed by atoms with Crippen LogP contribution in [0.3, 0.4) is 0 Å².